The fourth-order valence-corrected chi connectivity index (χ4v) is 1.51. The predicted molar refractivity (Wildman–Crippen MR) is 64.3 cm³/mol. The summed E-state index contributed by atoms with van der Waals surface area (Å²) in [5.41, 5.74) is -0.0761. The van der Waals surface area contributed by atoms with Crippen molar-refractivity contribution in [1.29, 1.82) is 5.26 Å². The first-order valence-electron chi connectivity index (χ1n) is 4.82. The highest BCUT2D eigenvalue weighted by Crippen LogP contribution is 2.18. The highest BCUT2D eigenvalue weighted by Gasteiger charge is 2.11. The van der Waals surface area contributed by atoms with Gasteiger partial charge in [0.15, 0.2) is 0 Å². The van der Waals surface area contributed by atoms with E-state index in [-0.39, 0.29) is 17.7 Å². The number of rotatable bonds is 3. The molecule has 1 aromatic carbocycles. The third-order valence-electron chi connectivity index (χ3n) is 1.87. The van der Waals surface area contributed by atoms with Crippen LogP contribution in [-0.4, -0.2) is 12.6 Å². The highest BCUT2D eigenvalue weighted by atomic mass is 79.9. The van der Waals surface area contributed by atoms with E-state index in [0.29, 0.717) is 4.47 Å². The van der Waals surface area contributed by atoms with Crippen molar-refractivity contribution in [3.05, 3.63) is 39.6 Å². The van der Waals surface area contributed by atoms with Crippen LogP contribution >= 0.6 is 15.9 Å². The Morgan fingerprint density at radius 1 is 1.65 bits per heavy atom. The Hall–Kier alpha value is -1.67. The van der Waals surface area contributed by atoms with E-state index < -0.39 is 11.8 Å². The molecule has 0 aliphatic carbocycles. The summed E-state index contributed by atoms with van der Waals surface area (Å²) >= 11 is 3.18. The molecule has 0 saturated carbocycles. The molecule has 0 radical (unpaired) electrons. The lowest BCUT2D eigenvalue weighted by atomic mass is 10.1. The molecule has 3 nitrogen and oxygen atoms in total. The number of benzene rings is 1. The first-order chi connectivity index (χ1) is 8.08. The lowest BCUT2D eigenvalue weighted by Crippen LogP contribution is -2.06. The number of carbonyl (C=O) groups is 1. The largest absolute Gasteiger partial charge is 0.462 e. The minimum absolute atomic E-state index is 0.156. The molecule has 0 bridgehead atoms. The van der Waals surface area contributed by atoms with Crippen molar-refractivity contribution in [3.8, 4) is 6.07 Å². The van der Waals surface area contributed by atoms with Crippen molar-refractivity contribution < 1.29 is 13.9 Å². The van der Waals surface area contributed by atoms with Crippen LogP contribution in [0.4, 0.5) is 4.39 Å². The number of hydrogen-bond donors (Lipinski definition) is 0. The third-order valence-corrected chi connectivity index (χ3v) is 2.37. The zero-order chi connectivity index (χ0) is 12.8. The highest BCUT2D eigenvalue weighted by molar-refractivity contribution is 9.10. The van der Waals surface area contributed by atoms with E-state index >= 15 is 0 Å². The number of esters is 1. The van der Waals surface area contributed by atoms with Gasteiger partial charge in [-0.05, 0) is 31.2 Å². The second-order valence-corrected chi connectivity index (χ2v) is 3.97. The minimum Gasteiger partial charge on any atom is -0.462 e. The zero-order valence-electron chi connectivity index (χ0n) is 9.04. The van der Waals surface area contributed by atoms with Crippen LogP contribution in [-0.2, 0) is 9.53 Å². The van der Waals surface area contributed by atoms with Gasteiger partial charge >= 0.3 is 5.97 Å². The van der Waals surface area contributed by atoms with Crippen molar-refractivity contribution in [2.45, 2.75) is 6.92 Å². The van der Waals surface area contributed by atoms with Gasteiger partial charge in [0.05, 0.1) is 6.61 Å². The van der Waals surface area contributed by atoms with Gasteiger partial charge in [0.1, 0.15) is 17.5 Å². The van der Waals surface area contributed by atoms with Gasteiger partial charge in [0, 0.05) is 10.0 Å². The van der Waals surface area contributed by atoms with Crippen LogP contribution in [0.3, 0.4) is 0 Å². The van der Waals surface area contributed by atoms with Crippen LogP contribution in [0.5, 0.6) is 0 Å². The zero-order valence-corrected chi connectivity index (χ0v) is 10.6. The molecule has 0 aliphatic heterocycles. The Morgan fingerprint density at radius 2 is 2.35 bits per heavy atom. The standard InChI is InChI=1S/C12H9BrFNO2/c1-2-17-12(16)9(7-15)5-8-6-10(13)3-4-11(8)14/h3-6H,2H2,1H3/b9-5-. The lowest BCUT2D eigenvalue weighted by Gasteiger charge is -2.01. The summed E-state index contributed by atoms with van der Waals surface area (Å²) in [4.78, 5) is 11.3. The van der Waals surface area contributed by atoms with E-state index in [1.165, 1.54) is 18.2 Å². The summed E-state index contributed by atoms with van der Waals surface area (Å²) in [5.74, 6) is -1.26. The van der Waals surface area contributed by atoms with Gasteiger partial charge in [-0.3, -0.25) is 0 Å². The van der Waals surface area contributed by atoms with E-state index in [1.54, 1.807) is 13.0 Å². The van der Waals surface area contributed by atoms with E-state index in [1.807, 2.05) is 0 Å². The summed E-state index contributed by atoms with van der Waals surface area (Å²) < 4.78 is 18.7. The number of halogens is 2. The van der Waals surface area contributed by atoms with Gasteiger partial charge in [0.25, 0.3) is 0 Å². The molecule has 0 N–H and O–H groups in total. The average molecular weight is 298 g/mol. The van der Waals surface area contributed by atoms with Crippen molar-refractivity contribution in [2.75, 3.05) is 6.61 Å². The molecule has 0 fully saturated rings. The van der Waals surface area contributed by atoms with E-state index in [2.05, 4.69) is 20.7 Å². The van der Waals surface area contributed by atoms with Crippen LogP contribution in [0.1, 0.15) is 12.5 Å². The molecule has 1 rings (SSSR count). The van der Waals surface area contributed by atoms with E-state index in [0.717, 1.165) is 6.08 Å². The maximum atomic E-state index is 13.4. The molecular formula is C12H9BrFNO2. The number of carbonyl (C=O) groups excluding carboxylic acids is 1. The van der Waals surface area contributed by atoms with Crippen molar-refractivity contribution in [1.82, 2.24) is 0 Å². The summed E-state index contributed by atoms with van der Waals surface area (Å²) in [6.07, 6.45) is 1.16. The van der Waals surface area contributed by atoms with Crippen LogP contribution < -0.4 is 0 Å². The third kappa shape index (κ3) is 3.68. The molecule has 0 aliphatic rings. The molecule has 0 unspecified atom stereocenters. The van der Waals surface area contributed by atoms with Gasteiger partial charge in [-0.2, -0.15) is 5.26 Å². The maximum absolute atomic E-state index is 13.4. The van der Waals surface area contributed by atoms with Gasteiger partial charge in [-0.1, -0.05) is 15.9 Å². The summed E-state index contributed by atoms with van der Waals surface area (Å²) in [6, 6.07) is 5.94. The summed E-state index contributed by atoms with van der Waals surface area (Å²) in [7, 11) is 0. The Kier molecular flexibility index (Phi) is 4.85. The van der Waals surface area contributed by atoms with E-state index in [9.17, 15) is 9.18 Å². The molecule has 0 spiro atoms. The Morgan fingerprint density at radius 3 is 2.94 bits per heavy atom. The Balaban J connectivity index is 3.11. The molecule has 17 heavy (non-hydrogen) atoms. The molecule has 5 heteroatoms. The average Bonchev–Trinajstić information content (AvgIpc) is 2.30. The van der Waals surface area contributed by atoms with Gasteiger partial charge in [-0.15, -0.1) is 0 Å². The minimum atomic E-state index is -0.755. The molecule has 0 aromatic heterocycles. The molecule has 0 saturated heterocycles. The number of ether oxygens (including phenoxy) is 1. The molecule has 0 amide bonds. The molecule has 1 aromatic rings. The predicted octanol–water partition coefficient (Wildman–Crippen LogP) is 3.06. The fraction of sp³-hybridized carbons (Fsp3) is 0.167. The van der Waals surface area contributed by atoms with Crippen LogP contribution in [0.15, 0.2) is 28.2 Å². The van der Waals surface area contributed by atoms with Gasteiger partial charge in [-0.25, -0.2) is 9.18 Å². The van der Waals surface area contributed by atoms with Gasteiger partial charge in [0.2, 0.25) is 0 Å². The van der Waals surface area contributed by atoms with Crippen LogP contribution in [0.2, 0.25) is 0 Å². The van der Waals surface area contributed by atoms with Crippen molar-refractivity contribution in [3.63, 3.8) is 0 Å². The normalized spacial score (nSPS) is 10.8. The molecule has 88 valence electrons. The molecular weight excluding hydrogens is 289 g/mol. The Bertz CT molecular complexity index is 506. The van der Waals surface area contributed by atoms with Crippen LogP contribution in [0, 0.1) is 17.1 Å². The van der Waals surface area contributed by atoms with Crippen molar-refractivity contribution in [2.24, 2.45) is 0 Å². The number of nitrogens with zero attached hydrogens (tertiary/aromatic N) is 1. The van der Waals surface area contributed by atoms with Crippen molar-refractivity contribution >= 4 is 28.0 Å². The summed E-state index contributed by atoms with van der Waals surface area (Å²) in [6.45, 7) is 1.80. The molecule has 0 atom stereocenters. The van der Waals surface area contributed by atoms with Crippen LogP contribution in [0.25, 0.3) is 6.08 Å². The monoisotopic (exact) mass is 297 g/mol. The quantitative estimate of drug-likeness (QED) is 0.489. The fourth-order valence-electron chi connectivity index (χ4n) is 1.13. The summed E-state index contributed by atoms with van der Waals surface area (Å²) in [5, 5.41) is 8.79. The second kappa shape index (κ2) is 6.16. The number of hydrogen-bond acceptors (Lipinski definition) is 3. The second-order valence-electron chi connectivity index (χ2n) is 3.06. The van der Waals surface area contributed by atoms with E-state index in [4.69, 9.17) is 5.26 Å². The first kappa shape index (κ1) is 13.4. The number of nitriles is 1. The SMILES string of the molecule is CCOC(=O)/C(C#N)=C\c1cc(Br)ccc1F. The lowest BCUT2D eigenvalue weighted by molar-refractivity contribution is -0.137. The first-order valence-corrected chi connectivity index (χ1v) is 5.61. The van der Waals surface area contributed by atoms with Gasteiger partial charge < -0.3 is 4.74 Å². The molecule has 0 heterocycles. The topological polar surface area (TPSA) is 50.1 Å². The smallest absolute Gasteiger partial charge is 0.348 e. The maximum Gasteiger partial charge on any atom is 0.348 e. The Labute approximate surface area is 107 Å².